The van der Waals surface area contributed by atoms with Gasteiger partial charge in [0.05, 0.1) is 25.1 Å². The molecule has 0 aromatic carbocycles. The largest absolute Gasteiger partial charge is 0.379 e. The van der Waals surface area contributed by atoms with E-state index < -0.39 is 10.0 Å². The Morgan fingerprint density at radius 1 is 1.39 bits per heavy atom. The van der Waals surface area contributed by atoms with Gasteiger partial charge in [0.2, 0.25) is 10.0 Å². The van der Waals surface area contributed by atoms with Gasteiger partial charge < -0.3 is 14.4 Å². The Labute approximate surface area is 141 Å². The topological polar surface area (TPSA) is 59.1 Å². The van der Waals surface area contributed by atoms with E-state index in [1.807, 2.05) is 21.0 Å². The Bertz CT molecular complexity index is 469. The maximum Gasteiger partial charge on any atom is 0.214 e. The second-order valence-corrected chi connectivity index (χ2v) is 9.21. The predicted molar refractivity (Wildman–Crippen MR) is 91.0 cm³/mol. The van der Waals surface area contributed by atoms with Crippen LogP contribution in [-0.2, 0) is 19.5 Å². The molecule has 0 aliphatic carbocycles. The van der Waals surface area contributed by atoms with Crippen molar-refractivity contribution in [2.45, 2.75) is 38.7 Å². The van der Waals surface area contributed by atoms with Crippen LogP contribution in [0.2, 0.25) is 0 Å². The molecular weight excluding hydrogens is 316 g/mol. The van der Waals surface area contributed by atoms with Gasteiger partial charge in [-0.2, -0.15) is 0 Å². The molecule has 6 nitrogen and oxygen atoms in total. The Hall–Kier alpha value is -0.210. The number of ether oxygens (including phenoxy) is 2. The van der Waals surface area contributed by atoms with Gasteiger partial charge in [0, 0.05) is 31.7 Å². The molecule has 0 radical (unpaired) electrons. The number of piperidine rings is 1. The number of likely N-dealkylation sites (N-methyl/N-ethyl adjacent to an activating group) is 1. The second kappa shape index (κ2) is 8.25. The van der Waals surface area contributed by atoms with E-state index in [1.54, 1.807) is 4.31 Å². The standard InChI is InChI=1S/C16H32N2O4S/c1-4-12-23(19,20)18-8-6-15-16(13-18,7-5-10-22-15)14-21-11-9-17(2)3/h15H,4-14H2,1-3H3/t15-,16-/m1/s1. The maximum absolute atomic E-state index is 12.5. The Morgan fingerprint density at radius 3 is 2.87 bits per heavy atom. The molecule has 23 heavy (non-hydrogen) atoms. The molecular formula is C16H32N2O4S. The highest BCUT2D eigenvalue weighted by molar-refractivity contribution is 7.89. The van der Waals surface area contributed by atoms with Gasteiger partial charge in [-0.15, -0.1) is 0 Å². The first kappa shape index (κ1) is 19.1. The zero-order valence-electron chi connectivity index (χ0n) is 14.8. The molecule has 2 aliphatic heterocycles. The number of rotatable bonds is 8. The van der Waals surface area contributed by atoms with Crippen molar-refractivity contribution in [1.29, 1.82) is 0 Å². The van der Waals surface area contributed by atoms with Crippen molar-refractivity contribution in [1.82, 2.24) is 9.21 Å². The minimum Gasteiger partial charge on any atom is -0.379 e. The van der Waals surface area contributed by atoms with Gasteiger partial charge in [-0.25, -0.2) is 12.7 Å². The van der Waals surface area contributed by atoms with Crippen molar-refractivity contribution in [3.8, 4) is 0 Å². The Kier molecular flexibility index (Phi) is 6.86. The first-order valence-electron chi connectivity index (χ1n) is 8.71. The third-order valence-corrected chi connectivity index (χ3v) is 6.90. The normalized spacial score (nSPS) is 29.7. The number of hydrogen-bond donors (Lipinski definition) is 0. The summed E-state index contributed by atoms with van der Waals surface area (Å²) in [5.41, 5.74) is -0.177. The van der Waals surface area contributed by atoms with Crippen LogP contribution in [0.15, 0.2) is 0 Å². The molecule has 2 saturated heterocycles. The minimum absolute atomic E-state index is 0.128. The van der Waals surface area contributed by atoms with Gasteiger partial charge in [-0.05, 0) is 39.8 Å². The molecule has 2 heterocycles. The van der Waals surface area contributed by atoms with E-state index >= 15 is 0 Å². The van der Waals surface area contributed by atoms with Gasteiger partial charge in [-0.3, -0.25) is 0 Å². The molecule has 0 aromatic heterocycles. The fraction of sp³-hybridized carbons (Fsp3) is 1.00. The van der Waals surface area contributed by atoms with E-state index in [-0.39, 0.29) is 17.3 Å². The summed E-state index contributed by atoms with van der Waals surface area (Å²) < 4.78 is 38.5. The van der Waals surface area contributed by atoms with Crippen LogP contribution in [0.4, 0.5) is 0 Å². The summed E-state index contributed by atoms with van der Waals surface area (Å²) in [6, 6.07) is 0. The number of nitrogens with zero attached hydrogens (tertiary/aromatic N) is 2. The van der Waals surface area contributed by atoms with E-state index in [2.05, 4.69) is 4.90 Å². The predicted octanol–water partition coefficient (Wildman–Crippen LogP) is 1.18. The van der Waals surface area contributed by atoms with Crippen LogP contribution >= 0.6 is 0 Å². The van der Waals surface area contributed by atoms with Crippen LogP contribution in [0, 0.1) is 5.41 Å². The summed E-state index contributed by atoms with van der Waals surface area (Å²) in [6.07, 6.45) is 3.53. The van der Waals surface area contributed by atoms with E-state index in [0.29, 0.717) is 32.7 Å². The zero-order valence-corrected chi connectivity index (χ0v) is 15.6. The molecule has 2 aliphatic rings. The number of fused-ring (bicyclic) bond motifs is 1. The summed E-state index contributed by atoms with van der Waals surface area (Å²) in [7, 11) is 0.891. The molecule has 0 N–H and O–H groups in total. The van der Waals surface area contributed by atoms with Crippen LogP contribution in [-0.4, -0.2) is 83.0 Å². The summed E-state index contributed by atoms with van der Waals surface area (Å²) in [5, 5.41) is 0. The molecule has 0 unspecified atom stereocenters. The van der Waals surface area contributed by atoms with E-state index in [4.69, 9.17) is 9.47 Å². The molecule has 2 atom stereocenters. The van der Waals surface area contributed by atoms with Crippen LogP contribution in [0.3, 0.4) is 0 Å². The highest BCUT2D eigenvalue weighted by Gasteiger charge is 2.48. The number of hydrogen-bond acceptors (Lipinski definition) is 5. The van der Waals surface area contributed by atoms with Crippen molar-refractivity contribution in [3.05, 3.63) is 0 Å². The second-order valence-electron chi connectivity index (χ2n) is 7.12. The average molecular weight is 349 g/mol. The van der Waals surface area contributed by atoms with Crippen molar-refractivity contribution in [2.75, 3.05) is 59.3 Å². The van der Waals surface area contributed by atoms with Crippen molar-refractivity contribution in [2.24, 2.45) is 5.41 Å². The fourth-order valence-corrected chi connectivity index (χ4v) is 5.22. The van der Waals surface area contributed by atoms with E-state index in [1.165, 1.54) is 0 Å². The van der Waals surface area contributed by atoms with Crippen molar-refractivity contribution >= 4 is 10.0 Å². The molecule has 0 spiro atoms. The van der Waals surface area contributed by atoms with Gasteiger partial charge in [0.15, 0.2) is 0 Å². The van der Waals surface area contributed by atoms with Crippen LogP contribution in [0.5, 0.6) is 0 Å². The lowest BCUT2D eigenvalue weighted by Crippen LogP contribution is -2.58. The smallest absolute Gasteiger partial charge is 0.214 e. The Balaban J connectivity index is 2.04. The molecule has 2 fully saturated rings. The summed E-state index contributed by atoms with van der Waals surface area (Å²) in [6.45, 7) is 5.95. The monoisotopic (exact) mass is 348 g/mol. The van der Waals surface area contributed by atoms with Crippen molar-refractivity contribution in [3.63, 3.8) is 0 Å². The minimum atomic E-state index is -3.15. The lowest BCUT2D eigenvalue weighted by molar-refractivity contribution is -0.142. The lowest BCUT2D eigenvalue weighted by Gasteiger charge is -2.49. The van der Waals surface area contributed by atoms with Crippen LogP contribution in [0.1, 0.15) is 32.6 Å². The summed E-state index contributed by atoms with van der Waals surface area (Å²) in [5.74, 6) is 0.232. The highest BCUT2D eigenvalue weighted by Crippen LogP contribution is 2.41. The average Bonchev–Trinajstić information content (AvgIpc) is 2.51. The fourth-order valence-electron chi connectivity index (χ4n) is 3.61. The maximum atomic E-state index is 12.5. The molecule has 0 aromatic rings. The number of sulfonamides is 1. The van der Waals surface area contributed by atoms with E-state index in [9.17, 15) is 8.42 Å². The first-order valence-corrected chi connectivity index (χ1v) is 10.3. The molecule has 0 bridgehead atoms. The third-order valence-electron chi connectivity index (χ3n) is 4.88. The van der Waals surface area contributed by atoms with Crippen LogP contribution in [0.25, 0.3) is 0 Å². The van der Waals surface area contributed by atoms with Gasteiger partial charge >= 0.3 is 0 Å². The zero-order chi connectivity index (χ0) is 16.9. The molecule has 2 rings (SSSR count). The molecule has 136 valence electrons. The molecule has 0 amide bonds. The van der Waals surface area contributed by atoms with E-state index in [0.717, 1.165) is 32.4 Å². The highest BCUT2D eigenvalue weighted by atomic mass is 32.2. The molecule has 0 saturated carbocycles. The third kappa shape index (κ3) is 4.89. The van der Waals surface area contributed by atoms with Gasteiger partial charge in [0.25, 0.3) is 0 Å². The van der Waals surface area contributed by atoms with Gasteiger partial charge in [0.1, 0.15) is 0 Å². The summed E-state index contributed by atoms with van der Waals surface area (Å²) >= 11 is 0. The lowest BCUT2D eigenvalue weighted by atomic mass is 9.73. The SMILES string of the molecule is CCCS(=O)(=O)N1CC[C@H]2OCCC[C@]2(COCCN(C)C)C1. The van der Waals surface area contributed by atoms with Crippen LogP contribution < -0.4 is 0 Å². The molecule has 7 heteroatoms. The Morgan fingerprint density at radius 2 is 2.17 bits per heavy atom. The van der Waals surface area contributed by atoms with Gasteiger partial charge in [-0.1, -0.05) is 6.92 Å². The summed E-state index contributed by atoms with van der Waals surface area (Å²) in [4.78, 5) is 2.09. The quantitative estimate of drug-likeness (QED) is 0.617. The first-order chi connectivity index (χ1) is 10.9. The van der Waals surface area contributed by atoms with Crippen molar-refractivity contribution < 1.29 is 17.9 Å².